The topological polar surface area (TPSA) is 165 Å². The summed E-state index contributed by atoms with van der Waals surface area (Å²) in [6, 6.07) is 0. The van der Waals surface area contributed by atoms with Crippen molar-refractivity contribution in [2.24, 2.45) is 5.73 Å². The fourth-order valence-electron chi connectivity index (χ4n) is 2.01. The second-order valence-corrected chi connectivity index (χ2v) is 5.84. The first kappa shape index (κ1) is 25.2. The van der Waals surface area contributed by atoms with Crippen LogP contribution in [0.4, 0.5) is 0 Å². The molecule has 0 fully saturated rings. The van der Waals surface area contributed by atoms with Crippen LogP contribution in [0.2, 0.25) is 0 Å². The number of hydrogen-bond donors (Lipinski definition) is 3. The van der Waals surface area contributed by atoms with Crippen LogP contribution in [0.1, 0.15) is 32.6 Å². The molecule has 0 rings (SSSR count). The predicted molar refractivity (Wildman–Crippen MR) is 97.8 cm³/mol. The molecule has 0 radical (unpaired) electrons. The van der Waals surface area contributed by atoms with Crippen LogP contribution < -0.4 is 16.4 Å². The zero-order valence-electron chi connectivity index (χ0n) is 16.2. The number of nitrogens with two attached hydrogens (primary N) is 1. The predicted octanol–water partition coefficient (Wildman–Crippen LogP) is -2.10. The Morgan fingerprint density at radius 2 is 1.50 bits per heavy atom. The number of nitrogens with zero attached hydrogens (tertiary/aromatic N) is 1. The summed E-state index contributed by atoms with van der Waals surface area (Å²) in [5.74, 6) is -2.92. The molecule has 158 valence electrons. The molecule has 0 aromatic carbocycles. The lowest BCUT2D eigenvalue weighted by Crippen LogP contribution is -2.44. The van der Waals surface area contributed by atoms with E-state index < -0.39 is 30.9 Å². The fourth-order valence-corrected chi connectivity index (χ4v) is 2.01. The zero-order chi connectivity index (χ0) is 21.5. The van der Waals surface area contributed by atoms with Crippen LogP contribution in [0, 0.1) is 0 Å². The normalized spacial score (nSPS) is 9.96. The van der Waals surface area contributed by atoms with E-state index in [1.54, 1.807) is 6.92 Å². The van der Waals surface area contributed by atoms with E-state index in [4.69, 9.17) is 5.73 Å². The zero-order valence-corrected chi connectivity index (χ0v) is 16.2. The first-order valence-corrected chi connectivity index (χ1v) is 8.84. The van der Waals surface area contributed by atoms with Crippen LogP contribution in [0.25, 0.3) is 0 Å². The minimum absolute atomic E-state index is 0.0185. The van der Waals surface area contributed by atoms with Gasteiger partial charge in [0, 0.05) is 32.2 Å². The molecule has 11 nitrogen and oxygen atoms in total. The molecule has 0 aliphatic heterocycles. The first-order chi connectivity index (χ1) is 13.2. The van der Waals surface area contributed by atoms with Gasteiger partial charge >= 0.3 is 5.97 Å². The third-order valence-electron chi connectivity index (χ3n) is 3.57. The van der Waals surface area contributed by atoms with Gasteiger partial charge in [-0.15, -0.1) is 0 Å². The molecule has 4 N–H and O–H groups in total. The lowest BCUT2D eigenvalue weighted by molar-refractivity contribution is -0.148. The molecule has 0 bridgehead atoms. The van der Waals surface area contributed by atoms with E-state index in [0.29, 0.717) is 6.54 Å². The molecule has 0 unspecified atom stereocenters. The lowest BCUT2D eigenvalue weighted by atomic mass is 10.2. The van der Waals surface area contributed by atoms with Crippen LogP contribution in [0.15, 0.2) is 0 Å². The number of rotatable bonds is 14. The number of Topliss-reactive ketones (excluding diaryl/α,β-unsaturated/α-hetero) is 2. The monoisotopic (exact) mass is 400 g/mol. The number of esters is 1. The summed E-state index contributed by atoms with van der Waals surface area (Å²) in [4.78, 5) is 70.8. The minimum atomic E-state index is -0.732. The number of methoxy groups -OCH3 is 1. The molecule has 0 heterocycles. The third-order valence-corrected chi connectivity index (χ3v) is 3.57. The summed E-state index contributed by atoms with van der Waals surface area (Å²) in [5.41, 5.74) is 5.18. The summed E-state index contributed by atoms with van der Waals surface area (Å²) < 4.78 is 4.49. The molecule has 0 saturated carbocycles. The third kappa shape index (κ3) is 11.7. The molecule has 28 heavy (non-hydrogen) atoms. The smallest absolute Gasteiger partial charge is 0.325 e. The molecular formula is C17H28N4O7. The highest BCUT2D eigenvalue weighted by atomic mass is 16.5. The van der Waals surface area contributed by atoms with E-state index in [1.807, 2.05) is 0 Å². The molecule has 0 atom stereocenters. The van der Waals surface area contributed by atoms with Crippen LogP contribution in [-0.4, -0.2) is 80.0 Å². The van der Waals surface area contributed by atoms with Crippen LogP contribution in [-0.2, 0) is 33.5 Å². The van der Waals surface area contributed by atoms with Crippen LogP contribution in [0.3, 0.4) is 0 Å². The maximum absolute atomic E-state index is 12.2. The van der Waals surface area contributed by atoms with Gasteiger partial charge < -0.3 is 26.0 Å². The summed E-state index contributed by atoms with van der Waals surface area (Å²) in [5, 5.41) is 4.89. The largest absolute Gasteiger partial charge is 0.468 e. The number of carbonyl (C=O) groups excluding carboxylic acids is 6. The summed E-state index contributed by atoms with van der Waals surface area (Å²) >= 11 is 0. The highest BCUT2D eigenvalue weighted by molar-refractivity contribution is 5.92. The molecule has 0 aliphatic rings. The Labute approximate surface area is 163 Å². The van der Waals surface area contributed by atoms with E-state index in [2.05, 4.69) is 15.4 Å². The molecule has 0 aromatic rings. The van der Waals surface area contributed by atoms with Crippen molar-refractivity contribution in [2.75, 3.05) is 39.8 Å². The fraction of sp³-hybridized carbons (Fsp3) is 0.647. The summed E-state index contributed by atoms with van der Waals surface area (Å²) in [6.07, 6.45) is -0.318. The van der Waals surface area contributed by atoms with Gasteiger partial charge in [-0.3, -0.25) is 28.8 Å². The van der Waals surface area contributed by atoms with Crippen LogP contribution >= 0.6 is 0 Å². The number of nitrogens with one attached hydrogen (secondary N) is 2. The van der Waals surface area contributed by atoms with Gasteiger partial charge in [0.15, 0.2) is 5.78 Å². The highest BCUT2D eigenvalue weighted by Crippen LogP contribution is 2.00. The number of hydrogen-bond acceptors (Lipinski definition) is 8. The number of ether oxygens (including phenoxy) is 1. The number of amides is 3. The number of ketones is 2. The Kier molecular flexibility index (Phi) is 12.8. The second kappa shape index (κ2) is 14.3. The Morgan fingerprint density at radius 1 is 0.857 bits per heavy atom. The molecule has 11 heteroatoms. The quantitative estimate of drug-likeness (QED) is 0.279. The molecule has 0 aliphatic carbocycles. The summed E-state index contributed by atoms with van der Waals surface area (Å²) in [6.45, 7) is 0.768. The maximum Gasteiger partial charge on any atom is 0.325 e. The Hall–Kier alpha value is -2.82. The van der Waals surface area contributed by atoms with Gasteiger partial charge in [-0.05, 0) is 6.92 Å². The molecule has 0 saturated heterocycles. The highest BCUT2D eigenvalue weighted by Gasteiger charge is 2.21. The van der Waals surface area contributed by atoms with Crippen molar-refractivity contribution < 1.29 is 33.5 Å². The second-order valence-electron chi connectivity index (χ2n) is 5.84. The standard InChI is InChI=1S/C17H28N4O7/c1-3-19-14(24)6-4-13(23)9-20-15(25)10-21(11-17(27)28-2)16(26)7-5-12(22)8-18/h3-11,18H2,1-2H3,(H,19,24)(H,20,25). The van der Waals surface area contributed by atoms with E-state index in [9.17, 15) is 28.8 Å². The average molecular weight is 400 g/mol. The van der Waals surface area contributed by atoms with Crippen molar-refractivity contribution >= 4 is 35.3 Å². The molecular weight excluding hydrogens is 372 g/mol. The average Bonchev–Trinajstić information content (AvgIpc) is 2.67. The first-order valence-electron chi connectivity index (χ1n) is 8.84. The van der Waals surface area contributed by atoms with Gasteiger partial charge in [-0.2, -0.15) is 0 Å². The number of carbonyl (C=O) groups is 6. The van der Waals surface area contributed by atoms with Gasteiger partial charge in [-0.25, -0.2) is 0 Å². The Morgan fingerprint density at radius 3 is 2.07 bits per heavy atom. The van der Waals surface area contributed by atoms with Gasteiger partial charge in [-0.1, -0.05) is 0 Å². The van der Waals surface area contributed by atoms with Crippen molar-refractivity contribution in [1.29, 1.82) is 0 Å². The Bertz CT molecular complexity index is 592. The molecule has 0 aromatic heterocycles. The molecule has 0 spiro atoms. The van der Waals surface area contributed by atoms with Gasteiger partial charge in [0.25, 0.3) is 0 Å². The summed E-state index contributed by atoms with van der Waals surface area (Å²) in [7, 11) is 1.14. The SMILES string of the molecule is CCNC(=O)CCC(=O)CNC(=O)CN(CC(=O)OC)C(=O)CCC(=O)CN. The van der Waals surface area contributed by atoms with E-state index in [0.717, 1.165) is 12.0 Å². The minimum Gasteiger partial charge on any atom is -0.468 e. The van der Waals surface area contributed by atoms with Crippen molar-refractivity contribution in [3.05, 3.63) is 0 Å². The van der Waals surface area contributed by atoms with E-state index in [-0.39, 0.29) is 56.2 Å². The van der Waals surface area contributed by atoms with E-state index in [1.165, 1.54) is 0 Å². The van der Waals surface area contributed by atoms with Crippen LogP contribution in [0.5, 0.6) is 0 Å². The van der Waals surface area contributed by atoms with Gasteiger partial charge in [0.05, 0.1) is 20.2 Å². The lowest BCUT2D eigenvalue weighted by Gasteiger charge is -2.20. The van der Waals surface area contributed by atoms with Gasteiger partial charge in [0.1, 0.15) is 18.9 Å². The molecule has 3 amide bonds. The van der Waals surface area contributed by atoms with Crippen molar-refractivity contribution in [1.82, 2.24) is 15.5 Å². The van der Waals surface area contributed by atoms with Gasteiger partial charge in [0.2, 0.25) is 17.7 Å². The van der Waals surface area contributed by atoms with Crippen molar-refractivity contribution in [3.63, 3.8) is 0 Å². The maximum atomic E-state index is 12.2. The van der Waals surface area contributed by atoms with Crippen molar-refractivity contribution in [2.45, 2.75) is 32.6 Å². The van der Waals surface area contributed by atoms with E-state index >= 15 is 0 Å². The van der Waals surface area contributed by atoms with Crippen molar-refractivity contribution in [3.8, 4) is 0 Å². The Balaban J connectivity index is 4.55.